The Morgan fingerprint density at radius 3 is 2.50 bits per heavy atom. The Morgan fingerprint density at radius 1 is 1.23 bits per heavy atom. The molecular weight excluding hydrogens is 302 g/mol. The van der Waals surface area contributed by atoms with Gasteiger partial charge in [0, 0.05) is 31.5 Å². The van der Waals surface area contributed by atoms with Crippen molar-refractivity contribution in [3.05, 3.63) is 0 Å². The number of nitrogens with zero attached hydrogens (tertiary/aromatic N) is 1. The molecule has 2 rings (SSSR count). The molecule has 5 nitrogen and oxygen atoms in total. The van der Waals surface area contributed by atoms with Crippen LogP contribution in [0.15, 0.2) is 0 Å². The molecular formula is C16H30ClN3O2. The number of hydrogen-bond donors (Lipinski definition) is 2. The van der Waals surface area contributed by atoms with Crippen LogP contribution >= 0.6 is 12.4 Å². The molecule has 2 unspecified atom stereocenters. The van der Waals surface area contributed by atoms with E-state index in [2.05, 4.69) is 12.2 Å². The third-order valence-electron chi connectivity index (χ3n) is 4.93. The number of carbonyl (C=O) groups excluding carboxylic acids is 2. The van der Waals surface area contributed by atoms with Crippen LogP contribution in [0.2, 0.25) is 0 Å². The van der Waals surface area contributed by atoms with Gasteiger partial charge >= 0.3 is 0 Å². The quantitative estimate of drug-likeness (QED) is 0.805. The van der Waals surface area contributed by atoms with Crippen LogP contribution in [-0.2, 0) is 9.59 Å². The van der Waals surface area contributed by atoms with Crippen LogP contribution in [0, 0.1) is 11.8 Å². The Hall–Kier alpha value is -0.810. The second-order valence-corrected chi connectivity index (χ2v) is 6.61. The van der Waals surface area contributed by atoms with E-state index in [1.807, 2.05) is 4.90 Å². The van der Waals surface area contributed by atoms with Gasteiger partial charge in [-0.3, -0.25) is 9.59 Å². The van der Waals surface area contributed by atoms with Gasteiger partial charge in [-0.25, -0.2) is 0 Å². The van der Waals surface area contributed by atoms with Crippen molar-refractivity contribution in [3.63, 3.8) is 0 Å². The van der Waals surface area contributed by atoms with Gasteiger partial charge in [-0.15, -0.1) is 12.4 Å². The Bertz CT molecular complexity index is 372. The predicted molar refractivity (Wildman–Crippen MR) is 89.8 cm³/mol. The molecule has 128 valence electrons. The highest BCUT2D eigenvalue weighted by molar-refractivity contribution is 5.85. The molecule has 1 aliphatic heterocycles. The number of hydrogen-bond acceptors (Lipinski definition) is 3. The molecule has 0 spiro atoms. The van der Waals surface area contributed by atoms with Crippen LogP contribution < -0.4 is 11.1 Å². The third-order valence-corrected chi connectivity index (χ3v) is 4.93. The average Bonchev–Trinajstić information content (AvgIpc) is 2.89. The molecule has 0 bridgehead atoms. The maximum Gasteiger partial charge on any atom is 0.224 e. The maximum absolute atomic E-state index is 12.2. The number of nitrogens with two attached hydrogens (primary N) is 1. The van der Waals surface area contributed by atoms with Crippen molar-refractivity contribution in [2.75, 3.05) is 19.6 Å². The average molecular weight is 332 g/mol. The smallest absolute Gasteiger partial charge is 0.224 e. The van der Waals surface area contributed by atoms with Crippen LogP contribution in [-0.4, -0.2) is 42.4 Å². The summed E-state index contributed by atoms with van der Waals surface area (Å²) in [6.07, 6.45) is 6.96. The molecule has 0 aromatic carbocycles. The van der Waals surface area contributed by atoms with Gasteiger partial charge in [-0.1, -0.05) is 19.3 Å². The van der Waals surface area contributed by atoms with Crippen molar-refractivity contribution in [1.82, 2.24) is 10.2 Å². The molecule has 1 saturated carbocycles. The summed E-state index contributed by atoms with van der Waals surface area (Å²) >= 11 is 0. The van der Waals surface area contributed by atoms with Crippen LogP contribution in [0.5, 0.6) is 0 Å². The lowest BCUT2D eigenvalue weighted by Crippen LogP contribution is -2.38. The second-order valence-electron chi connectivity index (χ2n) is 6.61. The number of likely N-dealkylation sites (tertiary alicyclic amines) is 1. The van der Waals surface area contributed by atoms with Gasteiger partial charge in [0.1, 0.15) is 0 Å². The van der Waals surface area contributed by atoms with Crippen LogP contribution in [0.25, 0.3) is 0 Å². The highest BCUT2D eigenvalue weighted by Crippen LogP contribution is 2.24. The summed E-state index contributed by atoms with van der Waals surface area (Å²) in [6, 6.07) is 0.278. The first kappa shape index (κ1) is 19.2. The van der Waals surface area contributed by atoms with Gasteiger partial charge < -0.3 is 16.0 Å². The van der Waals surface area contributed by atoms with Crippen LogP contribution in [0.3, 0.4) is 0 Å². The second kappa shape index (κ2) is 9.36. The van der Waals surface area contributed by atoms with Gasteiger partial charge in [0.2, 0.25) is 11.8 Å². The lowest BCUT2D eigenvalue weighted by atomic mass is 9.89. The fourth-order valence-electron chi connectivity index (χ4n) is 3.61. The van der Waals surface area contributed by atoms with E-state index >= 15 is 0 Å². The normalized spacial score (nSPS) is 25.6. The topological polar surface area (TPSA) is 75.4 Å². The van der Waals surface area contributed by atoms with Gasteiger partial charge in [0.25, 0.3) is 0 Å². The van der Waals surface area contributed by atoms with E-state index < -0.39 is 0 Å². The van der Waals surface area contributed by atoms with Crippen LogP contribution in [0.4, 0.5) is 0 Å². The van der Waals surface area contributed by atoms with E-state index in [0.29, 0.717) is 25.4 Å². The summed E-state index contributed by atoms with van der Waals surface area (Å²) in [5.74, 6) is 0.876. The first-order valence-electron chi connectivity index (χ1n) is 8.39. The molecule has 2 amide bonds. The van der Waals surface area contributed by atoms with Gasteiger partial charge in [0.05, 0.1) is 0 Å². The molecule has 6 heteroatoms. The predicted octanol–water partition coefficient (Wildman–Crippen LogP) is 1.69. The summed E-state index contributed by atoms with van der Waals surface area (Å²) in [5, 5.41) is 2.94. The molecule has 1 heterocycles. The van der Waals surface area contributed by atoms with E-state index in [1.165, 1.54) is 6.42 Å². The monoisotopic (exact) mass is 331 g/mol. The van der Waals surface area contributed by atoms with E-state index in [4.69, 9.17) is 5.73 Å². The third kappa shape index (κ3) is 5.13. The largest absolute Gasteiger partial charge is 0.355 e. The minimum Gasteiger partial charge on any atom is -0.355 e. The first-order valence-corrected chi connectivity index (χ1v) is 8.39. The molecule has 1 saturated heterocycles. The van der Waals surface area contributed by atoms with E-state index in [9.17, 15) is 9.59 Å². The molecule has 2 fully saturated rings. The van der Waals surface area contributed by atoms with Crippen molar-refractivity contribution in [3.8, 4) is 0 Å². The maximum atomic E-state index is 12.2. The summed E-state index contributed by atoms with van der Waals surface area (Å²) < 4.78 is 0. The zero-order chi connectivity index (χ0) is 15.2. The fraction of sp³-hybridized carbons (Fsp3) is 0.875. The van der Waals surface area contributed by atoms with Gasteiger partial charge in [-0.05, 0) is 38.6 Å². The molecule has 0 radical (unpaired) electrons. The standard InChI is InChI=1S/C16H29N3O2.ClH/c1-12-9-13(10-17)11-19(12)15(20)7-8-18-16(21)14-5-3-2-4-6-14;/h12-14H,2-11,17H2,1H3,(H,18,21);1H. The molecule has 0 aromatic rings. The summed E-state index contributed by atoms with van der Waals surface area (Å²) in [7, 11) is 0. The minimum atomic E-state index is 0. The lowest BCUT2D eigenvalue weighted by molar-refractivity contribution is -0.132. The number of rotatable bonds is 5. The summed E-state index contributed by atoms with van der Waals surface area (Å²) in [5.41, 5.74) is 5.69. The minimum absolute atomic E-state index is 0. The molecule has 3 N–H and O–H groups in total. The lowest BCUT2D eigenvalue weighted by Gasteiger charge is -2.23. The Kier molecular flexibility index (Phi) is 8.18. The molecule has 0 aromatic heterocycles. The van der Waals surface area contributed by atoms with Gasteiger partial charge in [-0.2, -0.15) is 0 Å². The van der Waals surface area contributed by atoms with Crippen molar-refractivity contribution in [2.24, 2.45) is 17.6 Å². The molecule has 22 heavy (non-hydrogen) atoms. The highest BCUT2D eigenvalue weighted by atomic mass is 35.5. The Morgan fingerprint density at radius 2 is 1.91 bits per heavy atom. The number of amides is 2. The Labute approximate surface area is 139 Å². The van der Waals surface area contributed by atoms with Crippen molar-refractivity contribution in [2.45, 2.75) is 57.9 Å². The molecule has 2 atom stereocenters. The molecule has 2 aliphatic rings. The SMILES string of the molecule is CC1CC(CN)CN1C(=O)CCNC(=O)C1CCCCC1.Cl. The summed E-state index contributed by atoms with van der Waals surface area (Å²) in [4.78, 5) is 26.1. The zero-order valence-electron chi connectivity index (χ0n) is 13.6. The number of carbonyl (C=O) groups is 2. The van der Waals surface area contributed by atoms with Crippen molar-refractivity contribution < 1.29 is 9.59 Å². The van der Waals surface area contributed by atoms with Crippen molar-refractivity contribution >= 4 is 24.2 Å². The van der Waals surface area contributed by atoms with Gasteiger partial charge in [0.15, 0.2) is 0 Å². The Balaban J connectivity index is 0.00000242. The highest BCUT2D eigenvalue weighted by Gasteiger charge is 2.31. The molecule has 1 aliphatic carbocycles. The van der Waals surface area contributed by atoms with E-state index in [0.717, 1.165) is 38.6 Å². The van der Waals surface area contributed by atoms with Crippen molar-refractivity contribution in [1.29, 1.82) is 0 Å². The fourth-order valence-corrected chi connectivity index (χ4v) is 3.61. The zero-order valence-corrected chi connectivity index (χ0v) is 14.4. The number of nitrogens with one attached hydrogen (secondary N) is 1. The first-order chi connectivity index (χ1) is 10.1. The van der Waals surface area contributed by atoms with E-state index in [1.54, 1.807) is 0 Å². The number of halogens is 1. The summed E-state index contributed by atoms with van der Waals surface area (Å²) in [6.45, 7) is 3.96. The van der Waals surface area contributed by atoms with E-state index in [-0.39, 0.29) is 36.2 Å². The van der Waals surface area contributed by atoms with Crippen LogP contribution in [0.1, 0.15) is 51.9 Å².